The van der Waals surface area contributed by atoms with Crippen molar-refractivity contribution in [2.45, 2.75) is 13.0 Å². The minimum Gasteiger partial charge on any atom is -0.454 e. The van der Waals surface area contributed by atoms with Crippen LogP contribution in [0.15, 0.2) is 59.6 Å². The van der Waals surface area contributed by atoms with Crippen molar-refractivity contribution in [2.24, 2.45) is 4.99 Å². The standard InChI is InChI=1S/C23H16N2O3S/c1-2-10-25-18-12-19-20(28-14-27-19)13-21(18)29-23(25)24-22(26)11-16-8-5-7-15-6-3-4-9-17(15)16/h1,3-9,12-13H,10-11,14H2. The third-order valence-electron chi connectivity index (χ3n) is 4.87. The van der Waals surface area contributed by atoms with Crippen molar-refractivity contribution in [3.8, 4) is 23.8 Å². The average Bonchev–Trinajstić information content (AvgIpc) is 3.31. The van der Waals surface area contributed by atoms with E-state index in [1.165, 1.54) is 11.3 Å². The van der Waals surface area contributed by atoms with Crippen LogP contribution in [0.3, 0.4) is 0 Å². The predicted molar refractivity (Wildman–Crippen MR) is 113 cm³/mol. The van der Waals surface area contributed by atoms with Crippen LogP contribution in [0.2, 0.25) is 0 Å². The number of terminal acetylenes is 1. The molecule has 29 heavy (non-hydrogen) atoms. The molecule has 0 atom stereocenters. The third kappa shape index (κ3) is 3.16. The van der Waals surface area contributed by atoms with Gasteiger partial charge < -0.3 is 14.0 Å². The highest BCUT2D eigenvalue weighted by atomic mass is 32.1. The van der Waals surface area contributed by atoms with Gasteiger partial charge in [-0.25, -0.2) is 0 Å². The Bertz CT molecular complexity index is 1370. The zero-order chi connectivity index (χ0) is 19.8. The van der Waals surface area contributed by atoms with Crippen LogP contribution in [-0.2, 0) is 17.8 Å². The number of fused-ring (bicyclic) bond motifs is 3. The average molecular weight is 400 g/mol. The summed E-state index contributed by atoms with van der Waals surface area (Å²) in [4.78, 5) is 17.7. The zero-order valence-electron chi connectivity index (χ0n) is 15.4. The quantitative estimate of drug-likeness (QED) is 0.490. The van der Waals surface area contributed by atoms with Crippen LogP contribution >= 0.6 is 11.3 Å². The maximum absolute atomic E-state index is 12.8. The molecule has 6 heteroatoms. The van der Waals surface area contributed by atoms with Crippen LogP contribution in [0.25, 0.3) is 21.0 Å². The summed E-state index contributed by atoms with van der Waals surface area (Å²) in [5.74, 6) is 3.80. The maximum Gasteiger partial charge on any atom is 0.252 e. The smallest absolute Gasteiger partial charge is 0.252 e. The monoisotopic (exact) mass is 400 g/mol. The minimum absolute atomic E-state index is 0.210. The van der Waals surface area contributed by atoms with Crippen LogP contribution in [0, 0.1) is 12.3 Å². The van der Waals surface area contributed by atoms with Gasteiger partial charge in [0.2, 0.25) is 6.79 Å². The van der Waals surface area contributed by atoms with Crippen LogP contribution in [0.4, 0.5) is 0 Å². The van der Waals surface area contributed by atoms with E-state index >= 15 is 0 Å². The number of ether oxygens (including phenoxy) is 2. The number of hydrogen-bond donors (Lipinski definition) is 0. The molecule has 5 rings (SSSR count). The first-order chi connectivity index (χ1) is 14.2. The third-order valence-corrected chi connectivity index (χ3v) is 5.91. The van der Waals surface area contributed by atoms with E-state index in [1.54, 1.807) is 0 Å². The molecule has 0 bridgehead atoms. The Morgan fingerprint density at radius 2 is 1.93 bits per heavy atom. The van der Waals surface area contributed by atoms with Crippen molar-refractivity contribution in [1.29, 1.82) is 0 Å². The fraction of sp³-hybridized carbons (Fsp3) is 0.130. The highest BCUT2D eigenvalue weighted by Crippen LogP contribution is 2.36. The molecular formula is C23H16N2O3S. The number of carbonyl (C=O) groups excluding carboxylic acids is 1. The van der Waals surface area contributed by atoms with Crippen molar-refractivity contribution >= 4 is 38.2 Å². The van der Waals surface area contributed by atoms with Crippen molar-refractivity contribution in [3.05, 3.63) is 65.0 Å². The fourth-order valence-corrected chi connectivity index (χ4v) is 4.60. The Morgan fingerprint density at radius 1 is 1.14 bits per heavy atom. The van der Waals surface area contributed by atoms with Crippen LogP contribution in [0.5, 0.6) is 11.5 Å². The van der Waals surface area contributed by atoms with E-state index in [0.29, 0.717) is 22.8 Å². The lowest BCUT2D eigenvalue weighted by Crippen LogP contribution is -2.17. The summed E-state index contributed by atoms with van der Waals surface area (Å²) in [6.45, 7) is 0.530. The van der Waals surface area contributed by atoms with Crippen LogP contribution in [0.1, 0.15) is 5.56 Å². The topological polar surface area (TPSA) is 52.8 Å². The molecule has 142 valence electrons. The molecule has 1 aromatic heterocycles. The van der Waals surface area contributed by atoms with E-state index in [0.717, 1.165) is 26.6 Å². The van der Waals surface area contributed by atoms with Crippen LogP contribution in [-0.4, -0.2) is 17.3 Å². The number of thiazole rings is 1. The molecule has 0 saturated carbocycles. The molecule has 0 radical (unpaired) electrons. The summed E-state index contributed by atoms with van der Waals surface area (Å²) < 4.78 is 13.7. The second-order valence-electron chi connectivity index (χ2n) is 6.67. The molecule has 1 amide bonds. The number of hydrogen-bond acceptors (Lipinski definition) is 4. The van der Waals surface area contributed by atoms with E-state index in [9.17, 15) is 4.79 Å². The molecular weight excluding hydrogens is 384 g/mol. The number of benzene rings is 3. The van der Waals surface area contributed by atoms with Gasteiger partial charge in [-0.15, -0.1) is 6.42 Å². The Balaban J connectivity index is 1.56. The fourth-order valence-electron chi connectivity index (χ4n) is 3.54. The number of rotatable bonds is 3. The second-order valence-corrected chi connectivity index (χ2v) is 7.68. The van der Waals surface area contributed by atoms with E-state index in [2.05, 4.69) is 10.9 Å². The second kappa shape index (κ2) is 7.12. The first-order valence-electron chi connectivity index (χ1n) is 9.13. The Morgan fingerprint density at radius 3 is 2.79 bits per heavy atom. The van der Waals surface area contributed by atoms with Gasteiger partial charge in [0, 0.05) is 12.1 Å². The highest BCUT2D eigenvalue weighted by Gasteiger charge is 2.18. The lowest BCUT2D eigenvalue weighted by Gasteiger charge is -2.04. The highest BCUT2D eigenvalue weighted by molar-refractivity contribution is 7.16. The van der Waals surface area contributed by atoms with Gasteiger partial charge in [0.25, 0.3) is 5.91 Å². The summed E-state index contributed by atoms with van der Waals surface area (Å²) in [6.07, 6.45) is 5.79. The minimum atomic E-state index is -0.210. The molecule has 1 aliphatic rings. The Labute approximate surface area is 170 Å². The summed E-state index contributed by atoms with van der Waals surface area (Å²) in [6, 6.07) is 17.8. The first-order valence-corrected chi connectivity index (χ1v) is 9.95. The molecule has 0 fully saturated rings. The predicted octanol–water partition coefficient (Wildman–Crippen LogP) is 3.89. The van der Waals surface area contributed by atoms with Crippen molar-refractivity contribution in [2.75, 3.05) is 6.79 Å². The summed E-state index contributed by atoms with van der Waals surface area (Å²) in [5.41, 5.74) is 1.84. The summed E-state index contributed by atoms with van der Waals surface area (Å²) in [5, 5.41) is 2.17. The van der Waals surface area contributed by atoms with Gasteiger partial charge in [-0.1, -0.05) is 59.7 Å². The van der Waals surface area contributed by atoms with Gasteiger partial charge in [0.15, 0.2) is 16.3 Å². The van der Waals surface area contributed by atoms with Crippen molar-refractivity contribution < 1.29 is 14.3 Å². The van der Waals surface area contributed by atoms with Gasteiger partial charge in [-0.3, -0.25) is 4.79 Å². The molecule has 0 N–H and O–H groups in total. The number of nitrogens with zero attached hydrogens (tertiary/aromatic N) is 2. The molecule has 2 heterocycles. The molecule has 5 nitrogen and oxygen atoms in total. The van der Waals surface area contributed by atoms with Crippen LogP contribution < -0.4 is 14.3 Å². The number of carbonyl (C=O) groups is 1. The van der Waals surface area contributed by atoms with Crippen molar-refractivity contribution in [3.63, 3.8) is 0 Å². The normalized spacial score (nSPS) is 13.1. The molecule has 3 aromatic carbocycles. The van der Waals surface area contributed by atoms with E-state index in [-0.39, 0.29) is 19.1 Å². The molecule has 0 saturated heterocycles. The SMILES string of the molecule is C#CCn1c(=NC(=O)Cc2cccc3ccccc23)sc2cc3c(cc21)OCO3. The summed E-state index contributed by atoms with van der Waals surface area (Å²) >= 11 is 1.42. The maximum atomic E-state index is 12.8. The van der Waals surface area contributed by atoms with Gasteiger partial charge in [0.1, 0.15) is 0 Å². The Hall–Kier alpha value is -3.56. The molecule has 4 aromatic rings. The largest absolute Gasteiger partial charge is 0.454 e. The Kier molecular flexibility index (Phi) is 4.30. The van der Waals surface area contributed by atoms with Crippen molar-refractivity contribution in [1.82, 2.24) is 4.57 Å². The van der Waals surface area contributed by atoms with Gasteiger partial charge in [-0.05, 0) is 16.3 Å². The summed E-state index contributed by atoms with van der Waals surface area (Å²) in [7, 11) is 0. The first kappa shape index (κ1) is 17.5. The van der Waals surface area contributed by atoms with Gasteiger partial charge in [0.05, 0.1) is 23.2 Å². The number of amides is 1. The molecule has 0 unspecified atom stereocenters. The lowest BCUT2D eigenvalue weighted by atomic mass is 10.0. The molecule has 0 spiro atoms. The van der Waals surface area contributed by atoms with E-state index in [4.69, 9.17) is 15.9 Å². The van der Waals surface area contributed by atoms with Gasteiger partial charge >= 0.3 is 0 Å². The van der Waals surface area contributed by atoms with E-state index < -0.39 is 0 Å². The molecule has 0 aliphatic carbocycles. The van der Waals surface area contributed by atoms with Gasteiger partial charge in [-0.2, -0.15) is 4.99 Å². The van der Waals surface area contributed by atoms with E-state index in [1.807, 2.05) is 59.2 Å². The number of aromatic nitrogens is 1. The lowest BCUT2D eigenvalue weighted by molar-refractivity contribution is -0.117. The zero-order valence-corrected chi connectivity index (χ0v) is 16.2. The molecule has 1 aliphatic heterocycles.